The van der Waals surface area contributed by atoms with Crippen molar-refractivity contribution in [1.82, 2.24) is 15.1 Å². The zero-order chi connectivity index (χ0) is 14.2. The predicted octanol–water partition coefficient (Wildman–Crippen LogP) is 0.454. The van der Waals surface area contributed by atoms with Gasteiger partial charge in [0.2, 0.25) is 11.8 Å². The van der Waals surface area contributed by atoms with Gasteiger partial charge in [0.15, 0.2) is 0 Å². The number of piperazine rings is 1. The van der Waals surface area contributed by atoms with E-state index >= 15 is 0 Å². The van der Waals surface area contributed by atoms with E-state index in [1.807, 2.05) is 13.8 Å². The molecule has 0 bridgehead atoms. The highest BCUT2D eigenvalue weighted by atomic mass is 16.2. The molecule has 0 aromatic carbocycles. The first-order valence-corrected chi connectivity index (χ1v) is 7.14. The van der Waals surface area contributed by atoms with Crippen LogP contribution in [0.25, 0.3) is 0 Å². The standard InChI is InChI=1S/C14H25N3O2/c1-10-9-11(5-6-15-10)12(18)17-8-7-16(4)13(19)14(17,2)3/h10-11,15H,5-9H2,1-4H3. The van der Waals surface area contributed by atoms with E-state index < -0.39 is 5.54 Å². The Kier molecular flexibility index (Phi) is 3.85. The molecule has 1 N–H and O–H groups in total. The van der Waals surface area contributed by atoms with Crippen LogP contribution in [0.15, 0.2) is 0 Å². The van der Waals surface area contributed by atoms with Gasteiger partial charge in [-0.3, -0.25) is 9.59 Å². The van der Waals surface area contributed by atoms with E-state index in [1.165, 1.54) is 0 Å². The fourth-order valence-corrected chi connectivity index (χ4v) is 3.18. The maximum Gasteiger partial charge on any atom is 0.247 e. The zero-order valence-corrected chi connectivity index (χ0v) is 12.4. The molecule has 2 amide bonds. The van der Waals surface area contributed by atoms with E-state index in [0.29, 0.717) is 19.1 Å². The van der Waals surface area contributed by atoms with Crippen LogP contribution in [-0.2, 0) is 9.59 Å². The van der Waals surface area contributed by atoms with Crippen molar-refractivity contribution in [2.75, 3.05) is 26.7 Å². The number of nitrogens with one attached hydrogen (secondary N) is 1. The van der Waals surface area contributed by atoms with E-state index in [4.69, 9.17) is 0 Å². The second-order valence-electron chi connectivity index (χ2n) is 6.35. The highest BCUT2D eigenvalue weighted by molar-refractivity contribution is 5.92. The van der Waals surface area contributed by atoms with Gasteiger partial charge in [0.1, 0.15) is 5.54 Å². The lowest BCUT2D eigenvalue weighted by molar-refractivity contribution is -0.160. The number of nitrogens with zero attached hydrogens (tertiary/aromatic N) is 2. The molecule has 0 aromatic heterocycles. The summed E-state index contributed by atoms with van der Waals surface area (Å²) in [5.74, 6) is 0.251. The Morgan fingerprint density at radius 1 is 1.37 bits per heavy atom. The molecule has 5 nitrogen and oxygen atoms in total. The Morgan fingerprint density at radius 2 is 2.05 bits per heavy atom. The molecular formula is C14H25N3O2. The Morgan fingerprint density at radius 3 is 2.68 bits per heavy atom. The molecule has 2 aliphatic heterocycles. The van der Waals surface area contributed by atoms with Gasteiger partial charge in [-0.05, 0) is 40.2 Å². The Hall–Kier alpha value is -1.10. The van der Waals surface area contributed by atoms with Crippen molar-refractivity contribution in [2.45, 2.75) is 45.2 Å². The number of piperidine rings is 1. The van der Waals surface area contributed by atoms with Crippen LogP contribution in [0, 0.1) is 5.92 Å². The second kappa shape index (κ2) is 5.12. The van der Waals surface area contributed by atoms with Crippen molar-refractivity contribution in [2.24, 2.45) is 5.92 Å². The molecule has 0 aliphatic carbocycles. The summed E-state index contributed by atoms with van der Waals surface area (Å²) in [7, 11) is 1.80. The van der Waals surface area contributed by atoms with Crippen molar-refractivity contribution in [1.29, 1.82) is 0 Å². The number of carbonyl (C=O) groups excluding carboxylic acids is 2. The molecule has 2 aliphatic rings. The zero-order valence-electron chi connectivity index (χ0n) is 12.4. The summed E-state index contributed by atoms with van der Waals surface area (Å²) in [4.78, 5) is 28.4. The number of amides is 2. The minimum Gasteiger partial charge on any atom is -0.342 e. The number of likely N-dealkylation sites (N-methyl/N-ethyl adjacent to an activating group) is 1. The molecule has 2 unspecified atom stereocenters. The van der Waals surface area contributed by atoms with Gasteiger partial charge in [0.25, 0.3) is 0 Å². The lowest BCUT2D eigenvalue weighted by Gasteiger charge is -2.46. The molecule has 2 heterocycles. The van der Waals surface area contributed by atoms with Gasteiger partial charge in [-0.25, -0.2) is 0 Å². The van der Waals surface area contributed by atoms with Gasteiger partial charge in [-0.2, -0.15) is 0 Å². The van der Waals surface area contributed by atoms with Crippen LogP contribution in [-0.4, -0.2) is 59.9 Å². The quantitative estimate of drug-likeness (QED) is 0.750. The largest absolute Gasteiger partial charge is 0.342 e. The van der Waals surface area contributed by atoms with Gasteiger partial charge in [0.05, 0.1) is 0 Å². The molecule has 2 atom stereocenters. The number of hydrogen-bond donors (Lipinski definition) is 1. The first-order chi connectivity index (χ1) is 8.84. The molecular weight excluding hydrogens is 242 g/mol. The van der Waals surface area contributed by atoms with Crippen molar-refractivity contribution < 1.29 is 9.59 Å². The van der Waals surface area contributed by atoms with Crippen LogP contribution in [0.1, 0.15) is 33.6 Å². The third kappa shape index (κ3) is 2.61. The van der Waals surface area contributed by atoms with Gasteiger partial charge in [-0.15, -0.1) is 0 Å². The molecule has 0 saturated carbocycles. The number of hydrogen-bond acceptors (Lipinski definition) is 3. The second-order valence-corrected chi connectivity index (χ2v) is 6.35. The molecule has 2 fully saturated rings. The molecule has 19 heavy (non-hydrogen) atoms. The fourth-order valence-electron chi connectivity index (χ4n) is 3.18. The summed E-state index contributed by atoms with van der Waals surface area (Å²) in [6.07, 6.45) is 1.75. The summed E-state index contributed by atoms with van der Waals surface area (Å²) in [5, 5.41) is 3.36. The maximum atomic E-state index is 12.7. The lowest BCUT2D eigenvalue weighted by Crippen LogP contribution is -2.65. The van der Waals surface area contributed by atoms with Crippen LogP contribution in [0.3, 0.4) is 0 Å². The van der Waals surface area contributed by atoms with Crippen molar-refractivity contribution in [3.63, 3.8) is 0 Å². The number of rotatable bonds is 1. The highest BCUT2D eigenvalue weighted by Gasteiger charge is 2.44. The smallest absolute Gasteiger partial charge is 0.247 e. The third-order valence-electron chi connectivity index (χ3n) is 4.44. The van der Waals surface area contributed by atoms with Crippen LogP contribution in [0.4, 0.5) is 0 Å². The fraction of sp³-hybridized carbons (Fsp3) is 0.857. The summed E-state index contributed by atoms with van der Waals surface area (Å²) in [6.45, 7) is 7.99. The predicted molar refractivity (Wildman–Crippen MR) is 73.6 cm³/mol. The topological polar surface area (TPSA) is 52.7 Å². The average Bonchev–Trinajstić information content (AvgIpc) is 2.35. The minimum atomic E-state index is -0.710. The van der Waals surface area contributed by atoms with E-state index in [0.717, 1.165) is 19.4 Å². The van der Waals surface area contributed by atoms with Crippen LogP contribution in [0.2, 0.25) is 0 Å². The summed E-state index contributed by atoms with van der Waals surface area (Å²) < 4.78 is 0. The van der Waals surface area contributed by atoms with E-state index in [2.05, 4.69) is 12.2 Å². The van der Waals surface area contributed by atoms with Crippen molar-refractivity contribution >= 4 is 11.8 Å². The van der Waals surface area contributed by atoms with Gasteiger partial charge in [-0.1, -0.05) is 0 Å². The minimum absolute atomic E-state index is 0.0362. The first-order valence-electron chi connectivity index (χ1n) is 7.14. The van der Waals surface area contributed by atoms with Gasteiger partial charge < -0.3 is 15.1 Å². The molecule has 2 rings (SSSR count). The van der Waals surface area contributed by atoms with Crippen LogP contribution < -0.4 is 5.32 Å². The molecule has 5 heteroatoms. The Bertz CT molecular complexity index is 381. The van der Waals surface area contributed by atoms with E-state index in [-0.39, 0.29) is 17.7 Å². The van der Waals surface area contributed by atoms with Crippen molar-refractivity contribution in [3.05, 3.63) is 0 Å². The van der Waals surface area contributed by atoms with E-state index in [1.54, 1.807) is 16.8 Å². The van der Waals surface area contributed by atoms with E-state index in [9.17, 15) is 9.59 Å². The molecule has 2 saturated heterocycles. The normalized spacial score (nSPS) is 31.5. The molecule has 0 aromatic rings. The molecule has 0 spiro atoms. The Balaban J connectivity index is 2.12. The number of carbonyl (C=O) groups is 2. The SMILES string of the molecule is CC1CC(C(=O)N2CCN(C)C(=O)C2(C)C)CCN1. The van der Waals surface area contributed by atoms with Crippen LogP contribution >= 0.6 is 0 Å². The monoisotopic (exact) mass is 267 g/mol. The summed E-state index contributed by atoms with van der Waals surface area (Å²) in [6, 6.07) is 0.383. The third-order valence-corrected chi connectivity index (χ3v) is 4.44. The molecule has 108 valence electrons. The maximum absolute atomic E-state index is 12.7. The van der Waals surface area contributed by atoms with Gasteiger partial charge >= 0.3 is 0 Å². The Labute approximate surface area is 115 Å². The molecule has 0 radical (unpaired) electrons. The van der Waals surface area contributed by atoms with Crippen molar-refractivity contribution in [3.8, 4) is 0 Å². The lowest BCUT2D eigenvalue weighted by atomic mass is 9.89. The first kappa shape index (κ1) is 14.3. The van der Waals surface area contributed by atoms with Gasteiger partial charge in [0, 0.05) is 32.1 Å². The summed E-state index contributed by atoms with van der Waals surface area (Å²) in [5.41, 5.74) is -0.710. The average molecular weight is 267 g/mol. The van der Waals surface area contributed by atoms with Crippen LogP contribution in [0.5, 0.6) is 0 Å². The summed E-state index contributed by atoms with van der Waals surface area (Å²) >= 11 is 0. The highest BCUT2D eigenvalue weighted by Crippen LogP contribution is 2.27.